The van der Waals surface area contributed by atoms with Gasteiger partial charge in [0.25, 0.3) is 0 Å². The number of aryl methyl sites for hydroxylation is 1. The van der Waals surface area contributed by atoms with E-state index in [1.807, 2.05) is 17.9 Å². The van der Waals surface area contributed by atoms with E-state index in [0.29, 0.717) is 23.1 Å². The number of aromatic nitrogens is 4. The Balaban J connectivity index is 1.37. The average molecular weight is 427 g/mol. The highest BCUT2D eigenvalue weighted by molar-refractivity contribution is 6.32. The molecular formula is C23H31ClN6. The molecule has 0 atom stereocenters. The zero-order chi connectivity index (χ0) is 20.9. The van der Waals surface area contributed by atoms with E-state index >= 15 is 0 Å². The first-order valence-corrected chi connectivity index (χ1v) is 11.5. The Morgan fingerprint density at radius 1 is 1.17 bits per heavy atom. The van der Waals surface area contributed by atoms with Gasteiger partial charge in [0.1, 0.15) is 0 Å². The molecule has 0 amide bonds. The zero-order valence-corrected chi connectivity index (χ0v) is 18.5. The van der Waals surface area contributed by atoms with Gasteiger partial charge in [-0.15, -0.1) is 12.3 Å². The lowest BCUT2D eigenvalue weighted by Crippen LogP contribution is -2.37. The van der Waals surface area contributed by atoms with Gasteiger partial charge in [-0.1, -0.05) is 11.6 Å². The minimum atomic E-state index is 0.391. The van der Waals surface area contributed by atoms with Crippen molar-refractivity contribution in [1.29, 1.82) is 0 Å². The maximum Gasteiger partial charge on any atom is 0.223 e. The fourth-order valence-electron chi connectivity index (χ4n) is 4.24. The molecule has 2 fully saturated rings. The number of nitrogens with one attached hydrogen (secondary N) is 2. The minimum Gasteiger partial charge on any atom is -0.351 e. The highest BCUT2D eigenvalue weighted by atomic mass is 35.5. The summed E-state index contributed by atoms with van der Waals surface area (Å²) in [6.45, 7) is 1.00. The summed E-state index contributed by atoms with van der Waals surface area (Å²) in [6.07, 6.45) is 19.0. The van der Waals surface area contributed by atoms with Crippen molar-refractivity contribution in [2.24, 2.45) is 13.0 Å². The second-order valence-corrected chi connectivity index (χ2v) is 9.03. The topological polar surface area (TPSA) is 67.7 Å². The SMILES string of the molecule is C#CCCCN[C@H]1CC[C@H](Nc2ncc(Cl)c(-c3cnn(C)c3CC3CC3)n2)CC1. The maximum absolute atomic E-state index is 6.49. The van der Waals surface area contributed by atoms with Gasteiger partial charge in [0.2, 0.25) is 5.95 Å². The molecular weight excluding hydrogens is 396 g/mol. The molecule has 0 spiro atoms. The molecule has 2 aromatic rings. The van der Waals surface area contributed by atoms with Gasteiger partial charge < -0.3 is 10.6 Å². The van der Waals surface area contributed by atoms with E-state index in [1.165, 1.54) is 18.5 Å². The van der Waals surface area contributed by atoms with Crippen molar-refractivity contribution in [2.45, 2.75) is 69.9 Å². The predicted molar refractivity (Wildman–Crippen MR) is 121 cm³/mol. The summed E-state index contributed by atoms with van der Waals surface area (Å²) in [4.78, 5) is 9.23. The van der Waals surface area contributed by atoms with Crippen LogP contribution in [0.5, 0.6) is 0 Å². The number of anilines is 1. The van der Waals surface area contributed by atoms with E-state index in [1.54, 1.807) is 6.20 Å². The van der Waals surface area contributed by atoms with E-state index in [0.717, 1.165) is 68.7 Å². The van der Waals surface area contributed by atoms with Crippen LogP contribution >= 0.6 is 11.6 Å². The lowest BCUT2D eigenvalue weighted by atomic mass is 9.91. The summed E-state index contributed by atoms with van der Waals surface area (Å²) in [5.74, 6) is 4.12. The van der Waals surface area contributed by atoms with Crippen LogP contribution in [0.2, 0.25) is 5.02 Å². The zero-order valence-electron chi connectivity index (χ0n) is 17.7. The Morgan fingerprint density at radius 2 is 1.93 bits per heavy atom. The number of terminal acetylenes is 1. The van der Waals surface area contributed by atoms with Crippen molar-refractivity contribution < 1.29 is 0 Å². The van der Waals surface area contributed by atoms with E-state index < -0.39 is 0 Å². The van der Waals surface area contributed by atoms with Crippen LogP contribution in [0.15, 0.2) is 12.4 Å². The summed E-state index contributed by atoms with van der Waals surface area (Å²) in [5.41, 5.74) is 3.02. The van der Waals surface area contributed by atoms with Gasteiger partial charge in [-0.2, -0.15) is 5.10 Å². The fourth-order valence-corrected chi connectivity index (χ4v) is 4.44. The number of hydrogen-bond donors (Lipinski definition) is 2. The lowest BCUT2D eigenvalue weighted by Gasteiger charge is -2.29. The van der Waals surface area contributed by atoms with Gasteiger partial charge in [0.15, 0.2) is 0 Å². The smallest absolute Gasteiger partial charge is 0.223 e. The molecule has 7 heteroatoms. The molecule has 2 N–H and O–H groups in total. The van der Waals surface area contributed by atoms with Gasteiger partial charge in [-0.3, -0.25) is 4.68 Å². The predicted octanol–water partition coefficient (Wildman–Crippen LogP) is 4.21. The molecule has 6 nitrogen and oxygen atoms in total. The molecule has 0 saturated heterocycles. The maximum atomic E-state index is 6.49. The molecule has 30 heavy (non-hydrogen) atoms. The van der Waals surface area contributed by atoms with Crippen molar-refractivity contribution in [1.82, 2.24) is 25.1 Å². The summed E-state index contributed by atoms with van der Waals surface area (Å²) < 4.78 is 1.96. The quantitative estimate of drug-likeness (QED) is 0.464. The van der Waals surface area contributed by atoms with Crippen molar-refractivity contribution in [3.8, 4) is 23.6 Å². The molecule has 2 aromatic heterocycles. The van der Waals surface area contributed by atoms with Gasteiger partial charge >= 0.3 is 0 Å². The first kappa shape index (κ1) is 21.1. The molecule has 2 heterocycles. The molecule has 0 radical (unpaired) electrons. The first-order valence-electron chi connectivity index (χ1n) is 11.1. The highest BCUT2D eigenvalue weighted by Gasteiger charge is 2.26. The Hall–Kier alpha value is -2.10. The monoisotopic (exact) mass is 426 g/mol. The number of hydrogen-bond acceptors (Lipinski definition) is 5. The summed E-state index contributed by atoms with van der Waals surface area (Å²) in [7, 11) is 1.99. The fraction of sp³-hybridized carbons (Fsp3) is 0.609. The summed E-state index contributed by atoms with van der Waals surface area (Å²) in [5, 5.41) is 12.2. The molecule has 0 aromatic carbocycles. The Labute approximate surface area is 184 Å². The second kappa shape index (κ2) is 9.80. The number of nitrogens with zero attached hydrogens (tertiary/aromatic N) is 4. The van der Waals surface area contributed by atoms with Crippen LogP contribution in [-0.2, 0) is 13.5 Å². The molecule has 2 aliphatic rings. The number of halogens is 1. The molecule has 2 aliphatic carbocycles. The van der Waals surface area contributed by atoms with Crippen LogP contribution in [0.4, 0.5) is 5.95 Å². The van der Waals surface area contributed by atoms with Gasteiger partial charge in [0.05, 0.1) is 23.1 Å². The van der Waals surface area contributed by atoms with E-state index in [9.17, 15) is 0 Å². The molecule has 0 aliphatic heterocycles. The Kier molecular flexibility index (Phi) is 6.91. The van der Waals surface area contributed by atoms with Gasteiger partial charge in [-0.05, 0) is 63.8 Å². The van der Waals surface area contributed by atoms with Gasteiger partial charge in [-0.25, -0.2) is 9.97 Å². The van der Waals surface area contributed by atoms with Crippen LogP contribution in [0.3, 0.4) is 0 Å². The Morgan fingerprint density at radius 3 is 2.67 bits per heavy atom. The van der Waals surface area contributed by atoms with E-state index in [4.69, 9.17) is 23.0 Å². The van der Waals surface area contributed by atoms with Crippen LogP contribution in [0.1, 0.15) is 57.1 Å². The molecule has 160 valence electrons. The summed E-state index contributed by atoms with van der Waals surface area (Å²) in [6, 6.07) is 0.977. The van der Waals surface area contributed by atoms with Crippen molar-refractivity contribution >= 4 is 17.5 Å². The van der Waals surface area contributed by atoms with Crippen LogP contribution in [0.25, 0.3) is 11.3 Å². The molecule has 0 unspecified atom stereocenters. The van der Waals surface area contributed by atoms with Gasteiger partial charge in [0, 0.05) is 36.8 Å². The third kappa shape index (κ3) is 5.33. The molecule has 4 rings (SSSR count). The third-order valence-electron chi connectivity index (χ3n) is 6.23. The van der Waals surface area contributed by atoms with E-state index in [-0.39, 0.29) is 0 Å². The largest absolute Gasteiger partial charge is 0.351 e. The summed E-state index contributed by atoms with van der Waals surface area (Å²) >= 11 is 6.49. The van der Waals surface area contributed by atoms with E-state index in [2.05, 4.69) is 26.6 Å². The standard InChI is InChI=1S/C23H31ClN6/c1-3-4-5-12-25-17-8-10-18(11-9-17)28-23-26-15-20(24)22(29-23)19-14-27-30(2)21(19)13-16-6-7-16/h1,14-18,25H,4-13H2,2H3,(H,26,28,29)/t17-,18-. The first-order chi connectivity index (χ1) is 14.6. The van der Waals surface area contributed by atoms with Crippen molar-refractivity contribution in [3.63, 3.8) is 0 Å². The number of unbranched alkanes of at least 4 members (excludes halogenated alkanes) is 1. The molecule has 0 bridgehead atoms. The van der Waals surface area contributed by atoms with Crippen LogP contribution in [-0.4, -0.2) is 38.4 Å². The average Bonchev–Trinajstić information content (AvgIpc) is 3.50. The van der Waals surface area contributed by atoms with Crippen LogP contribution in [0, 0.1) is 18.3 Å². The van der Waals surface area contributed by atoms with Crippen molar-refractivity contribution in [3.05, 3.63) is 23.1 Å². The highest BCUT2D eigenvalue weighted by Crippen LogP contribution is 2.37. The van der Waals surface area contributed by atoms with Crippen molar-refractivity contribution in [2.75, 3.05) is 11.9 Å². The molecule has 2 saturated carbocycles. The normalized spacial score (nSPS) is 21.4. The van der Waals surface area contributed by atoms with Crippen LogP contribution < -0.4 is 10.6 Å². The number of rotatable bonds is 9. The third-order valence-corrected chi connectivity index (χ3v) is 6.51. The second-order valence-electron chi connectivity index (χ2n) is 8.62. The lowest BCUT2D eigenvalue weighted by molar-refractivity contribution is 0.353. The minimum absolute atomic E-state index is 0.391. The Bertz CT molecular complexity index is 890.